The number of nitrogen functional groups attached to an aromatic ring is 1. The van der Waals surface area contributed by atoms with Crippen LogP contribution in [0.1, 0.15) is 30.8 Å². The van der Waals surface area contributed by atoms with Crippen LogP contribution < -0.4 is 5.73 Å². The minimum atomic E-state index is -0.00912. The maximum atomic E-state index is 12.7. The Morgan fingerprint density at radius 1 is 1.43 bits per heavy atom. The second-order valence-electron chi connectivity index (χ2n) is 6.03. The van der Waals surface area contributed by atoms with E-state index in [1.54, 1.807) is 6.07 Å². The van der Waals surface area contributed by atoms with E-state index in [0.717, 1.165) is 36.2 Å². The van der Waals surface area contributed by atoms with Gasteiger partial charge in [0.15, 0.2) is 5.69 Å². The molecule has 0 atom stereocenters. The van der Waals surface area contributed by atoms with Crippen LogP contribution in [0.15, 0.2) is 18.2 Å². The molecule has 0 unspecified atom stereocenters. The Morgan fingerprint density at radius 2 is 2.24 bits per heavy atom. The predicted molar refractivity (Wildman–Crippen MR) is 87.6 cm³/mol. The van der Waals surface area contributed by atoms with Crippen LogP contribution in [0.2, 0.25) is 0 Å². The third-order valence-corrected chi connectivity index (χ3v) is 5.29. The van der Waals surface area contributed by atoms with E-state index in [1.165, 1.54) is 0 Å². The summed E-state index contributed by atoms with van der Waals surface area (Å²) >= 11 is 1.92. The Balaban J connectivity index is 1.88. The summed E-state index contributed by atoms with van der Waals surface area (Å²) in [7, 11) is 0. The summed E-state index contributed by atoms with van der Waals surface area (Å²) in [6.07, 6.45) is 0.994. The van der Waals surface area contributed by atoms with Crippen LogP contribution in [0.5, 0.6) is 0 Å². The van der Waals surface area contributed by atoms with Gasteiger partial charge in [0.05, 0.1) is 5.52 Å². The van der Waals surface area contributed by atoms with Crippen LogP contribution >= 0.6 is 11.8 Å². The van der Waals surface area contributed by atoms with Crippen LogP contribution in [0.3, 0.4) is 0 Å². The average Bonchev–Trinajstić information content (AvgIpc) is 2.75. The van der Waals surface area contributed by atoms with Crippen LogP contribution in [-0.4, -0.2) is 44.6 Å². The molecule has 0 aliphatic carbocycles. The molecule has 0 bridgehead atoms. The second-order valence-corrected chi connectivity index (χ2v) is 7.83. The smallest absolute Gasteiger partial charge is 0.275 e. The number of aromatic nitrogens is 2. The molecule has 21 heavy (non-hydrogen) atoms. The summed E-state index contributed by atoms with van der Waals surface area (Å²) in [5.74, 6) is 0.952. The third-order valence-electron chi connectivity index (χ3n) is 3.91. The molecular weight excluding hydrogens is 284 g/mol. The number of hydrogen-bond acceptors (Lipinski definition) is 4. The molecule has 1 fully saturated rings. The van der Waals surface area contributed by atoms with E-state index >= 15 is 0 Å². The normalized spacial score (nSPS) is 18.7. The zero-order valence-corrected chi connectivity index (χ0v) is 13.2. The first-order valence-corrected chi connectivity index (χ1v) is 8.12. The lowest BCUT2D eigenvalue weighted by atomic mass is 10.1. The van der Waals surface area contributed by atoms with Gasteiger partial charge >= 0.3 is 0 Å². The number of fused-ring (bicyclic) bond motifs is 1. The molecule has 6 heteroatoms. The highest BCUT2D eigenvalue weighted by atomic mass is 32.2. The third kappa shape index (κ3) is 2.85. The number of nitrogens with zero attached hydrogens (tertiary/aromatic N) is 2. The fraction of sp³-hybridized carbons (Fsp3) is 0.467. The minimum absolute atomic E-state index is 0.00912. The largest absolute Gasteiger partial charge is 0.399 e. The van der Waals surface area contributed by atoms with E-state index < -0.39 is 0 Å². The molecule has 0 radical (unpaired) electrons. The number of nitrogens with one attached hydrogen (secondary N) is 1. The fourth-order valence-electron chi connectivity index (χ4n) is 2.57. The van der Waals surface area contributed by atoms with E-state index in [4.69, 9.17) is 5.73 Å². The van der Waals surface area contributed by atoms with Gasteiger partial charge in [-0.05, 0) is 24.6 Å². The summed E-state index contributed by atoms with van der Waals surface area (Å²) < 4.78 is 0.229. The minimum Gasteiger partial charge on any atom is -0.399 e. The van der Waals surface area contributed by atoms with Gasteiger partial charge in [-0.15, -0.1) is 0 Å². The number of H-pyrrole nitrogens is 1. The molecule has 1 aliphatic heterocycles. The molecule has 1 aromatic carbocycles. The van der Waals surface area contributed by atoms with Gasteiger partial charge in [0.25, 0.3) is 5.91 Å². The Kier molecular flexibility index (Phi) is 3.57. The van der Waals surface area contributed by atoms with Gasteiger partial charge in [-0.25, -0.2) is 0 Å². The monoisotopic (exact) mass is 304 g/mol. The maximum absolute atomic E-state index is 12.7. The van der Waals surface area contributed by atoms with Crippen molar-refractivity contribution < 1.29 is 4.79 Å². The summed E-state index contributed by atoms with van der Waals surface area (Å²) in [6, 6.07) is 5.47. The molecule has 2 heterocycles. The summed E-state index contributed by atoms with van der Waals surface area (Å²) in [6.45, 7) is 6.01. The maximum Gasteiger partial charge on any atom is 0.275 e. The van der Waals surface area contributed by atoms with Crippen LogP contribution in [0, 0.1) is 0 Å². The lowest BCUT2D eigenvalue weighted by Gasteiger charge is -2.22. The molecule has 0 spiro atoms. The summed E-state index contributed by atoms with van der Waals surface area (Å²) in [4.78, 5) is 14.6. The van der Waals surface area contributed by atoms with Crippen LogP contribution in [0.4, 0.5) is 5.69 Å². The number of aromatic amines is 1. The predicted octanol–water partition coefficient (Wildman–Crippen LogP) is 2.50. The highest BCUT2D eigenvalue weighted by molar-refractivity contribution is 8.00. The van der Waals surface area contributed by atoms with Gasteiger partial charge in [-0.2, -0.15) is 16.9 Å². The van der Waals surface area contributed by atoms with E-state index in [2.05, 4.69) is 24.0 Å². The molecule has 2 aromatic rings. The standard InChI is InChI=1S/C15H20N4OS/c1-15(2)5-6-19(7-8-21-15)14(20)13-11-9-10(16)3-4-12(11)17-18-13/h3-4,9H,5-8,16H2,1-2H3,(H,17,18). The number of benzene rings is 1. The second kappa shape index (κ2) is 5.26. The van der Waals surface area contributed by atoms with Crippen molar-refractivity contribution in [2.45, 2.75) is 25.0 Å². The van der Waals surface area contributed by atoms with Crippen molar-refractivity contribution in [3.05, 3.63) is 23.9 Å². The van der Waals surface area contributed by atoms with Gasteiger partial charge < -0.3 is 10.6 Å². The number of rotatable bonds is 1. The fourth-order valence-corrected chi connectivity index (χ4v) is 3.67. The SMILES string of the molecule is CC1(C)CCN(C(=O)c2n[nH]c3ccc(N)cc23)CCS1. The highest BCUT2D eigenvalue weighted by Gasteiger charge is 2.28. The molecule has 1 aromatic heterocycles. The van der Waals surface area contributed by atoms with Crippen molar-refractivity contribution in [1.29, 1.82) is 0 Å². The van der Waals surface area contributed by atoms with Crippen molar-refractivity contribution >= 4 is 34.3 Å². The molecule has 3 rings (SSSR count). The van der Waals surface area contributed by atoms with Crippen molar-refractivity contribution in [1.82, 2.24) is 15.1 Å². The summed E-state index contributed by atoms with van der Waals surface area (Å²) in [5, 5.41) is 7.91. The Hall–Kier alpha value is -1.69. The number of thioether (sulfide) groups is 1. The van der Waals surface area contributed by atoms with Crippen molar-refractivity contribution in [2.24, 2.45) is 0 Å². The van der Waals surface area contributed by atoms with E-state index in [-0.39, 0.29) is 10.7 Å². The van der Waals surface area contributed by atoms with E-state index in [9.17, 15) is 4.79 Å². The zero-order chi connectivity index (χ0) is 15.0. The zero-order valence-electron chi connectivity index (χ0n) is 12.3. The van der Waals surface area contributed by atoms with Gasteiger partial charge in [-0.1, -0.05) is 13.8 Å². The molecule has 5 nitrogen and oxygen atoms in total. The quantitative estimate of drug-likeness (QED) is 0.794. The number of carbonyl (C=O) groups is 1. The Labute approximate surface area is 128 Å². The number of carbonyl (C=O) groups excluding carboxylic acids is 1. The lowest BCUT2D eigenvalue weighted by molar-refractivity contribution is 0.0760. The molecule has 1 aliphatic rings. The highest BCUT2D eigenvalue weighted by Crippen LogP contribution is 2.31. The molecule has 3 N–H and O–H groups in total. The summed E-state index contributed by atoms with van der Waals surface area (Å²) in [5.41, 5.74) is 7.78. The number of hydrogen-bond donors (Lipinski definition) is 2. The van der Waals surface area contributed by atoms with Crippen LogP contribution in [0.25, 0.3) is 10.9 Å². The molecule has 1 amide bonds. The van der Waals surface area contributed by atoms with Gasteiger partial charge in [-0.3, -0.25) is 9.89 Å². The van der Waals surface area contributed by atoms with E-state index in [0.29, 0.717) is 11.4 Å². The van der Waals surface area contributed by atoms with Crippen LogP contribution in [-0.2, 0) is 0 Å². The van der Waals surface area contributed by atoms with Crippen molar-refractivity contribution in [3.63, 3.8) is 0 Å². The number of anilines is 1. The topological polar surface area (TPSA) is 75.0 Å². The molecule has 1 saturated heterocycles. The van der Waals surface area contributed by atoms with Crippen molar-refractivity contribution in [2.75, 3.05) is 24.6 Å². The molecular formula is C15H20N4OS. The first kappa shape index (κ1) is 14.3. The van der Waals surface area contributed by atoms with E-state index in [1.807, 2.05) is 28.8 Å². The van der Waals surface area contributed by atoms with Gasteiger partial charge in [0, 0.05) is 34.7 Å². The average molecular weight is 304 g/mol. The number of nitrogens with two attached hydrogens (primary N) is 1. The number of amides is 1. The molecule has 0 saturated carbocycles. The van der Waals surface area contributed by atoms with Gasteiger partial charge in [0.2, 0.25) is 0 Å². The van der Waals surface area contributed by atoms with Gasteiger partial charge in [0.1, 0.15) is 0 Å². The first-order chi connectivity index (χ1) is 9.96. The Bertz CT molecular complexity index is 679. The first-order valence-electron chi connectivity index (χ1n) is 7.13. The lowest BCUT2D eigenvalue weighted by Crippen LogP contribution is -2.34. The van der Waals surface area contributed by atoms with Crippen molar-refractivity contribution in [3.8, 4) is 0 Å². The Morgan fingerprint density at radius 3 is 3.05 bits per heavy atom. The molecule has 112 valence electrons.